The van der Waals surface area contributed by atoms with Gasteiger partial charge in [0.25, 0.3) is 0 Å². The van der Waals surface area contributed by atoms with Crippen LogP contribution in [0, 0.1) is 11.3 Å². The van der Waals surface area contributed by atoms with Gasteiger partial charge < -0.3 is 10.5 Å². The number of hydrogen-bond acceptors (Lipinski definition) is 3. The molecule has 0 heterocycles. The summed E-state index contributed by atoms with van der Waals surface area (Å²) in [6.45, 7) is 1.06. The zero-order valence-electron chi connectivity index (χ0n) is 7.92. The Morgan fingerprint density at radius 1 is 1.46 bits per heavy atom. The van der Waals surface area contributed by atoms with E-state index in [1.807, 2.05) is 0 Å². The third-order valence-electron chi connectivity index (χ3n) is 3.13. The lowest BCUT2D eigenvalue weighted by molar-refractivity contribution is -0.150. The van der Waals surface area contributed by atoms with Crippen molar-refractivity contribution in [1.29, 1.82) is 0 Å². The van der Waals surface area contributed by atoms with Crippen LogP contribution in [0.3, 0.4) is 0 Å². The smallest absolute Gasteiger partial charge is 0.313 e. The fourth-order valence-electron chi connectivity index (χ4n) is 1.52. The van der Waals surface area contributed by atoms with Crippen molar-refractivity contribution in [2.24, 2.45) is 17.1 Å². The van der Waals surface area contributed by atoms with E-state index in [1.165, 1.54) is 12.8 Å². The average molecular weight is 183 g/mol. The molecule has 3 nitrogen and oxygen atoms in total. The number of carbonyl (C=O) groups is 1. The molecule has 3 heteroatoms. The summed E-state index contributed by atoms with van der Waals surface area (Å²) >= 11 is 0. The quantitative estimate of drug-likeness (QED) is 0.649. The maximum atomic E-state index is 11.5. The number of nitrogens with two attached hydrogens (primary N) is 1. The van der Waals surface area contributed by atoms with Crippen LogP contribution in [0.5, 0.6) is 0 Å². The van der Waals surface area contributed by atoms with Crippen molar-refractivity contribution < 1.29 is 9.53 Å². The molecule has 0 aliphatic heterocycles. The summed E-state index contributed by atoms with van der Waals surface area (Å²) in [4.78, 5) is 11.5. The molecule has 0 radical (unpaired) electrons. The summed E-state index contributed by atoms with van der Waals surface area (Å²) in [6, 6.07) is 0. The third kappa shape index (κ3) is 2.02. The molecule has 0 bridgehead atoms. The van der Waals surface area contributed by atoms with Gasteiger partial charge in [0, 0.05) is 6.54 Å². The van der Waals surface area contributed by atoms with Crippen molar-refractivity contribution in [2.75, 3.05) is 13.2 Å². The molecule has 0 aromatic carbocycles. The van der Waals surface area contributed by atoms with Gasteiger partial charge in [-0.3, -0.25) is 4.79 Å². The van der Waals surface area contributed by atoms with Gasteiger partial charge in [0.1, 0.15) is 0 Å². The maximum absolute atomic E-state index is 11.5. The first-order valence-electron chi connectivity index (χ1n) is 5.14. The molecule has 2 aliphatic rings. The van der Waals surface area contributed by atoms with Gasteiger partial charge in [-0.05, 0) is 25.2 Å². The lowest BCUT2D eigenvalue weighted by atomic mass is 10.1. The SMILES string of the molecule is NCC1(C(=O)OCCC2CC2)CC1. The molecule has 2 fully saturated rings. The third-order valence-corrected chi connectivity index (χ3v) is 3.13. The van der Waals surface area contributed by atoms with Gasteiger partial charge in [0.2, 0.25) is 0 Å². The normalized spacial score (nSPS) is 24.1. The molecule has 2 aliphatic carbocycles. The van der Waals surface area contributed by atoms with Gasteiger partial charge in [-0.1, -0.05) is 12.8 Å². The van der Waals surface area contributed by atoms with E-state index < -0.39 is 0 Å². The van der Waals surface area contributed by atoms with Crippen molar-refractivity contribution >= 4 is 5.97 Å². The largest absolute Gasteiger partial charge is 0.465 e. The predicted molar refractivity (Wildman–Crippen MR) is 49.0 cm³/mol. The van der Waals surface area contributed by atoms with E-state index in [0.717, 1.165) is 25.2 Å². The molecule has 0 aromatic rings. The highest BCUT2D eigenvalue weighted by Gasteiger charge is 2.50. The Balaban J connectivity index is 1.65. The molecule has 2 rings (SSSR count). The van der Waals surface area contributed by atoms with E-state index in [1.54, 1.807) is 0 Å². The van der Waals surface area contributed by atoms with Gasteiger partial charge in [-0.25, -0.2) is 0 Å². The summed E-state index contributed by atoms with van der Waals surface area (Å²) in [5, 5.41) is 0. The Bertz CT molecular complexity index is 207. The van der Waals surface area contributed by atoms with E-state index in [2.05, 4.69) is 0 Å². The number of rotatable bonds is 5. The summed E-state index contributed by atoms with van der Waals surface area (Å²) in [5.41, 5.74) is 5.24. The average Bonchev–Trinajstić information content (AvgIpc) is 3.01. The highest BCUT2D eigenvalue weighted by molar-refractivity contribution is 5.80. The fraction of sp³-hybridized carbons (Fsp3) is 0.900. The van der Waals surface area contributed by atoms with Crippen LogP contribution in [0.4, 0.5) is 0 Å². The van der Waals surface area contributed by atoms with Gasteiger partial charge in [0.05, 0.1) is 12.0 Å². The van der Waals surface area contributed by atoms with Crippen molar-refractivity contribution in [3.05, 3.63) is 0 Å². The first-order chi connectivity index (χ1) is 6.27. The molecular formula is C10H17NO2. The Hall–Kier alpha value is -0.570. The van der Waals surface area contributed by atoms with E-state index in [4.69, 9.17) is 10.5 Å². The molecule has 0 atom stereocenters. The minimum absolute atomic E-state index is 0.0596. The van der Waals surface area contributed by atoms with Crippen LogP contribution >= 0.6 is 0 Å². The first kappa shape index (κ1) is 9.00. The molecule has 0 saturated heterocycles. The number of carbonyl (C=O) groups excluding carboxylic acids is 1. The molecule has 0 spiro atoms. The van der Waals surface area contributed by atoms with Crippen LogP contribution in [-0.4, -0.2) is 19.1 Å². The number of ether oxygens (including phenoxy) is 1. The van der Waals surface area contributed by atoms with Crippen molar-refractivity contribution in [2.45, 2.75) is 32.1 Å². The van der Waals surface area contributed by atoms with Gasteiger partial charge in [0.15, 0.2) is 0 Å². The van der Waals surface area contributed by atoms with E-state index in [0.29, 0.717) is 13.2 Å². The molecule has 13 heavy (non-hydrogen) atoms. The van der Waals surface area contributed by atoms with E-state index in [-0.39, 0.29) is 11.4 Å². The molecule has 2 N–H and O–H groups in total. The molecule has 2 saturated carbocycles. The zero-order valence-corrected chi connectivity index (χ0v) is 7.92. The van der Waals surface area contributed by atoms with Crippen molar-refractivity contribution in [1.82, 2.24) is 0 Å². The van der Waals surface area contributed by atoms with Crippen LogP contribution in [0.2, 0.25) is 0 Å². The van der Waals surface area contributed by atoms with Crippen molar-refractivity contribution in [3.63, 3.8) is 0 Å². The highest BCUT2D eigenvalue weighted by Crippen LogP contribution is 2.45. The lowest BCUT2D eigenvalue weighted by Crippen LogP contribution is -2.27. The zero-order chi connectivity index (χ0) is 9.31. The topological polar surface area (TPSA) is 52.3 Å². The Kier molecular flexibility index (Phi) is 2.28. The van der Waals surface area contributed by atoms with Crippen LogP contribution < -0.4 is 5.73 Å². The lowest BCUT2D eigenvalue weighted by Gasteiger charge is -2.11. The molecular weight excluding hydrogens is 166 g/mol. The Labute approximate surface area is 78.6 Å². The second-order valence-electron chi connectivity index (χ2n) is 4.35. The van der Waals surface area contributed by atoms with Gasteiger partial charge in [-0.2, -0.15) is 0 Å². The predicted octanol–water partition coefficient (Wildman–Crippen LogP) is 1.07. The number of esters is 1. The van der Waals surface area contributed by atoms with E-state index >= 15 is 0 Å². The second kappa shape index (κ2) is 3.29. The summed E-state index contributed by atoms with van der Waals surface area (Å²) < 4.78 is 5.19. The minimum atomic E-state index is -0.274. The Morgan fingerprint density at radius 3 is 2.62 bits per heavy atom. The molecule has 0 amide bonds. The van der Waals surface area contributed by atoms with Crippen LogP contribution in [0.25, 0.3) is 0 Å². The van der Waals surface area contributed by atoms with E-state index in [9.17, 15) is 4.79 Å². The monoisotopic (exact) mass is 183 g/mol. The van der Waals surface area contributed by atoms with Crippen molar-refractivity contribution in [3.8, 4) is 0 Å². The van der Waals surface area contributed by atoms with Crippen LogP contribution in [0.15, 0.2) is 0 Å². The summed E-state index contributed by atoms with van der Waals surface area (Å²) in [7, 11) is 0. The van der Waals surface area contributed by atoms with Gasteiger partial charge >= 0.3 is 5.97 Å². The molecule has 74 valence electrons. The number of hydrogen-bond donors (Lipinski definition) is 1. The van der Waals surface area contributed by atoms with Crippen LogP contribution in [0.1, 0.15) is 32.1 Å². The standard InChI is InChI=1S/C10H17NO2/c11-7-10(4-5-10)9(12)13-6-3-8-1-2-8/h8H,1-7,11H2. The molecule has 0 unspecified atom stereocenters. The summed E-state index contributed by atoms with van der Waals surface area (Å²) in [6.07, 6.45) is 5.53. The Morgan fingerprint density at radius 2 is 2.15 bits per heavy atom. The first-order valence-corrected chi connectivity index (χ1v) is 5.14. The molecule has 0 aromatic heterocycles. The second-order valence-corrected chi connectivity index (χ2v) is 4.35. The maximum Gasteiger partial charge on any atom is 0.313 e. The van der Waals surface area contributed by atoms with Crippen LogP contribution in [-0.2, 0) is 9.53 Å². The highest BCUT2D eigenvalue weighted by atomic mass is 16.5. The summed E-state index contributed by atoms with van der Waals surface area (Å²) in [5.74, 6) is 0.775. The fourth-order valence-corrected chi connectivity index (χ4v) is 1.52. The minimum Gasteiger partial charge on any atom is -0.465 e. The van der Waals surface area contributed by atoms with Gasteiger partial charge in [-0.15, -0.1) is 0 Å².